The number of carbonyl (C=O) groups excluding carboxylic acids is 1. The fourth-order valence-electron chi connectivity index (χ4n) is 3.82. The van der Waals surface area contributed by atoms with Crippen LogP contribution in [0.25, 0.3) is 11.3 Å². The number of hydrogen-bond acceptors (Lipinski definition) is 3. The molecule has 1 atom stereocenters. The van der Waals surface area contributed by atoms with Gasteiger partial charge in [0.25, 0.3) is 0 Å². The summed E-state index contributed by atoms with van der Waals surface area (Å²) in [5.74, 6) is 1.57. The number of carbonyl (C=O) groups is 1. The second kappa shape index (κ2) is 8.15. The lowest BCUT2D eigenvalue weighted by atomic mass is 9.84. The van der Waals surface area contributed by atoms with Gasteiger partial charge in [0.15, 0.2) is 0 Å². The third kappa shape index (κ3) is 3.87. The van der Waals surface area contributed by atoms with E-state index in [1.165, 1.54) is 6.42 Å². The molecule has 2 aromatic rings. The van der Waals surface area contributed by atoms with Crippen molar-refractivity contribution < 1.29 is 4.79 Å². The minimum atomic E-state index is 0.207. The van der Waals surface area contributed by atoms with E-state index in [-0.39, 0.29) is 12.0 Å². The lowest BCUT2D eigenvalue weighted by molar-refractivity contribution is -0.141. The number of hydrogen-bond donors (Lipinski definition) is 0. The molecule has 0 saturated heterocycles. The molecule has 0 radical (unpaired) electrons. The normalized spacial score (nSPS) is 15.3. The average molecular weight is 369 g/mol. The smallest absolute Gasteiger partial charge is 0.226 e. The molecule has 1 amide bonds. The van der Waals surface area contributed by atoms with Crippen LogP contribution in [0, 0.1) is 5.92 Å². The number of amides is 1. The van der Waals surface area contributed by atoms with Crippen LogP contribution in [0.2, 0.25) is 0 Å². The molecule has 27 heavy (non-hydrogen) atoms. The first-order chi connectivity index (χ1) is 12.9. The number of aryl methyl sites for hydroxylation is 1. The van der Waals surface area contributed by atoms with E-state index in [1.54, 1.807) is 0 Å². The maximum absolute atomic E-state index is 13.2. The van der Waals surface area contributed by atoms with Gasteiger partial charge in [-0.05, 0) is 26.2 Å². The number of benzene rings is 1. The van der Waals surface area contributed by atoms with E-state index in [1.807, 2.05) is 44.0 Å². The molecule has 0 aliphatic heterocycles. The molecule has 1 aliphatic carbocycles. The van der Waals surface area contributed by atoms with Crippen molar-refractivity contribution in [1.29, 1.82) is 0 Å². The van der Waals surface area contributed by atoms with Crippen molar-refractivity contribution in [3.63, 3.8) is 0 Å². The summed E-state index contributed by atoms with van der Waals surface area (Å²) >= 11 is 0. The van der Waals surface area contributed by atoms with Gasteiger partial charge >= 0.3 is 0 Å². The molecule has 1 fully saturated rings. The van der Waals surface area contributed by atoms with Crippen molar-refractivity contribution >= 4 is 11.7 Å². The molecule has 5 heteroatoms. The Morgan fingerprint density at radius 3 is 2.44 bits per heavy atom. The van der Waals surface area contributed by atoms with E-state index in [9.17, 15) is 4.79 Å². The van der Waals surface area contributed by atoms with Crippen LogP contribution in [0.3, 0.4) is 0 Å². The number of rotatable bonds is 7. The van der Waals surface area contributed by atoms with Gasteiger partial charge in [-0.25, -0.2) is 0 Å². The Labute approximate surface area is 163 Å². The Bertz CT molecular complexity index is 777. The molecule has 146 valence electrons. The van der Waals surface area contributed by atoms with Gasteiger partial charge in [-0.3, -0.25) is 9.48 Å². The third-order valence-electron chi connectivity index (χ3n) is 5.77. The quantitative estimate of drug-likeness (QED) is 0.739. The predicted molar refractivity (Wildman–Crippen MR) is 111 cm³/mol. The first kappa shape index (κ1) is 19.5. The highest BCUT2D eigenvalue weighted by Crippen LogP contribution is 2.34. The second-order valence-electron chi connectivity index (χ2n) is 7.89. The van der Waals surface area contributed by atoms with Gasteiger partial charge in [0.05, 0.1) is 12.2 Å². The average Bonchev–Trinajstić information content (AvgIpc) is 2.94. The van der Waals surface area contributed by atoms with Crippen LogP contribution in [0.5, 0.6) is 0 Å². The molecule has 0 bridgehead atoms. The molecule has 0 N–H and O–H groups in total. The Morgan fingerprint density at radius 2 is 1.93 bits per heavy atom. The number of anilines is 1. The van der Waals surface area contributed by atoms with E-state index in [4.69, 9.17) is 5.10 Å². The second-order valence-corrected chi connectivity index (χ2v) is 7.89. The van der Waals surface area contributed by atoms with Crippen LogP contribution < -0.4 is 4.90 Å². The summed E-state index contributed by atoms with van der Waals surface area (Å²) in [6.07, 6.45) is 4.20. The molecule has 1 aromatic carbocycles. The molecule has 1 aliphatic rings. The van der Waals surface area contributed by atoms with Crippen molar-refractivity contribution in [3.8, 4) is 11.3 Å². The Kier molecular flexibility index (Phi) is 5.88. The van der Waals surface area contributed by atoms with Crippen molar-refractivity contribution in [1.82, 2.24) is 14.7 Å². The summed E-state index contributed by atoms with van der Waals surface area (Å²) in [5, 5.41) is 4.82. The first-order valence-corrected chi connectivity index (χ1v) is 10.0. The van der Waals surface area contributed by atoms with Crippen molar-refractivity contribution in [2.24, 2.45) is 13.0 Å². The molecule has 1 saturated carbocycles. The highest BCUT2D eigenvalue weighted by molar-refractivity contribution is 5.81. The Hall–Kier alpha value is -2.30. The summed E-state index contributed by atoms with van der Waals surface area (Å²) in [6.45, 7) is 4.92. The largest absolute Gasteiger partial charge is 0.363 e. The standard InChI is InChI=1S/C22H32N4O/c1-6-16(2)26(22(27)18-13-10-14-18)15-19-20(17-11-8-7-9-12-17)23-25(5)21(19)24(3)4/h7-9,11-12,16,18H,6,10,13-15H2,1-5H3/t16-/m0/s1. The molecule has 1 aromatic heterocycles. The summed E-state index contributed by atoms with van der Waals surface area (Å²) in [7, 11) is 6.06. The summed E-state index contributed by atoms with van der Waals surface area (Å²) in [4.78, 5) is 17.3. The van der Waals surface area contributed by atoms with Crippen molar-refractivity contribution in [3.05, 3.63) is 35.9 Å². The lowest BCUT2D eigenvalue weighted by Crippen LogP contribution is -2.43. The van der Waals surface area contributed by atoms with Gasteiger partial charge in [0, 0.05) is 44.2 Å². The van der Waals surface area contributed by atoms with Gasteiger partial charge in [-0.1, -0.05) is 43.7 Å². The van der Waals surface area contributed by atoms with E-state index in [0.717, 1.165) is 41.9 Å². The van der Waals surface area contributed by atoms with E-state index < -0.39 is 0 Å². The maximum Gasteiger partial charge on any atom is 0.226 e. The van der Waals surface area contributed by atoms with Crippen LogP contribution in [-0.2, 0) is 18.4 Å². The highest BCUT2D eigenvalue weighted by Gasteiger charge is 2.33. The van der Waals surface area contributed by atoms with Crippen molar-refractivity contribution in [2.75, 3.05) is 19.0 Å². The fourth-order valence-corrected chi connectivity index (χ4v) is 3.82. The summed E-state index contributed by atoms with van der Waals surface area (Å²) in [5.41, 5.74) is 3.19. The molecule has 0 unspecified atom stereocenters. The predicted octanol–water partition coefficient (Wildman–Crippen LogP) is 4.08. The minimum Gasteiger partial charge on any atom is -0.363 e. The first-order valence-electron chi connectivity index (χ1n) is 10.0. The lowest BCUT2D eigenvalue weighted by Gasteiger charge is -2.35. The highest BCUT2D eigenvalue weighted by atomic mass is 16.2. The van der Waals surface area contributed by atoms with Crippen LogP contribution in [0.4, 0.5) is 5.82 Å². The van der Waals surface area contributed by atoms with Crippen LogP contribution in [0.15, 0.2) is 30.3 Å². The SMILES string of the molecule is CC[C@H](C)N(Cc1c(-c2ccccc2)nn(C)c1N(C)C)C(=O)C1CCC1. The van der Waals surface area contributed by atoms with Gasteiger partial charge in [-0.15, -0.1) is 0 Å². The van der Waals surface area contributed by atoms with Gasteiger partial charge in [0.2, 0.25) is 5.91 Å². The third-order valence-corrected chi connectivity index (χ3v) is 5.77. The van der Waals surface area contributed by atoms with Gasteiger partial charge in [0.1, 0.15) is 5.82 Å². The Balaban J connectivity index is 2.03. The Morgan fingerprint density at radius 1 is 1.26 bits per heavy atom. The van der Waals surface area contributed by atoms with Gasteiger partial charge < -0.3 is 9.80 Å². The molecule has 1 heterocycles. The monoisotopic (exact) mass is 368 g/mol. The summed E-state index contributed by atoms with van der Waals surface area (Å²) in [6, 6.07) is 10.5. The zero-order valence-corrected chi connectivity index (χ0v) is 17.3. The van der Waals surface area contributed by atoms with Crippen LogP contribution in [0.1, 0.15) is 45.1 Å². The topological polar surface area (TPSA) is 41.4 Å². The van der Waals surface area contributed by atoms with Crippen LogP contribution >= 0.6 is 0 Å². The van der Waals surface area contributed by atoms with E-state index in [0.29, 0.717) is 12.5 Å². The maximum atomic E-state index is 13.2. The molecule has 3 rings (SSSR count). The molecule has 5 nitrogen and oxygen atoms in total. The van der Waals surface area contributed by atoms with E-state index in [2.05, 4.69) is 35.8 Å². The number of nitrogens with zero attached hydrogens (tertiary/aromatic N) is 4. The molecular formula is C22H32N4O. The zero-order valence-electron chi connectivity index (χ0n) is 17.3. The molecule has 0 spiro atoms. The molecular weight excluding hydrogens is 336 g/mol. The van der Waals surface area contributed by atoms with E-state index >= 15 is 0 Å². The van der Waals surface area contributed by atoms with Crippen LogP contribution in [-0.4, -0.2) is 40.7 Å². The number of aromatic nitrogens is 2. The minimum absolute atomic E-state index is 0.207. The summed E-state index contributed by atoms with van der Waals surface area (Å²) < 4.78 is 1.93. The van der Waals surface area contributed by atoms with Crippen molar-refractivity contribution in [2.45, 2.75) is 52.1 Å². The van der Waals surface area contributed by atoms with Gasteiger partial charge in [-0.2, -0.15) is 5.10 Å². The zero-order chi connectivity index (χ0) is 19.6. The fraction of sp³-hybridized carbons (Fsp3) is 0.545.